The fourth-order valence-electron chi connectivity index (χ4n) is 2.24. The molecule has 0 fully saturated rings. The maximum Gasteiger partial charge on any atom is 0.231 e. The first kappa shape index (κ1) is 15.2. The van der Waals surface area contributed by atoms with Gasteiger partial charge in [0.25, 0.3) is 0 Å². The molecule has 0 saturated heterocycles. The normalized spacial score (nSPS) is 12.9. The summed E-state index contributed by atoms with van der Waals surface area (Å²) >= 11 is 3.56. The molecule has 1 atom stereocenters. The molecule has 5 heteroatoms. The monoisotopic (exact) mass is 337 g/mol. The minimum atomic E-state index is 0.105. The Balaban J connectivity index is 2.38. The molecule has 1 aromatic carbocycles. The number of hydrogen-bond donors (Lipinski definition) is 1. The first-order valence-electron chi connectivity index (χ1n) is 6.74. The Morgan fingerprint density at radius 3 is 2.35 bits per heavy atom. The van der Waals surface area contributed by atoms with Crippen LogP contribution in [-0.4, -0.2) is 16.7 Å². The van der Waals surface area contributed by atoms with E-state index in [0.717, 1.165) is 21.2 Å². The van der Waals surface area contributed by atoms with Crippen molar-refractivity contribution >= 4 is 15.9 Å². The molecule has 2 N–H and O–H groups in total. The SMILES string of the molecule is Cc1cc(-c2noc(C(CN)C(C)C)n2)cc(C)c1Br. The lowest BCUT2D eigenvalue weighted by molar-refractivity contribution is 0.324. The van der Waals surface area contributed by atoms with Crippen molar-refractivity contribution in [1.82, 2.24) is 10.1 Å². The molecule has 0 spiro atoms. The van der Waals surface area contributed by atoms with Crippen LogP contribution in [0.1, 0.15) is 36.8 Å². The Morgan fingerprint density at radius 2 is 1.85 bits per heavy atom. The molecule has 2 aromatic rings. The smallest absolute Gasteiger partial charge is 0.231 e. The number of halogens is 1. The maximum absolute atomic E-state index is 5.79. The van der Waals surface area contributed by atoms with Crippen LogP contribution in [0.5, 0.6) is 0 Å². The summed E-state index contributed by atoms with van der Waals surface area (Å²) in [7, 11) is 0. The number of aromatic nitrogens is 2. The van der Waals surface area contributed by atoms with Crippen LogP contribution in [0.15, 0.2) is 21.1 Å². The van der Waals surface area contributed by atoms with Crippen molar-refractivity contribution < 1.29 is 4.52 Å². The van der Waals surface area contributed by atoms with E-state index in [4.69, 9.17) is 10.3 Å². The summed E-state index contributed by atoms with van der Waals surface area (Å²) < 4.78 is 6.51. The molecule has 0 aliphatic rings. The molecule has 0 aliphatic carbocycles. The molecular formula is C15H20BrN3O. The van der Waals surface area contributed by atoms with Gasteiger partial charge in [-0.3, -0.25) is 0 Å². The minimum absolute atomic E-state index is 0.105. The van der Waals surface area contributed by atoms with Gasteiger partial charge in [0.2, 0.25) is 11.7 Å². The van der Waals surface area contributed by atoms with Crippen LogP contribution in [0, 0.1) is 19.8 Å². The van der Waals surface area contributed by atoms with Crippen LogP contribution in [0.3, 0.4) is 0 Å². The van der Waals surface area contributed by atoms with Gasteiger partial charge in [-0.15, -0.1) is 0 Å². The minimum Gasteiger partial charge on any atom is -0.339 e. The van der Waals surface area contributed by atoms with Crippen molar-refractivity contribution in [2.24, 2.45) is 11.7 Å². The third-order valence-electron chi connectivity index (χ3n) is 3.51. The third-order valence-corrected chi connectivity index (χ3v) is 4.76. The quantitative estimate of drug-likeness (QED) is 0.921. The second kappa shape index (κ2) is 6.06. The van der Waals surface area contributed by atoms with Gasteiger partial charge in [-0.05, 0) is 43.0 Å². The van der Waals surface area contributed by atoms with Crippen molar-refractivity contribution in [3.05, 3.63) is 33.6 Å². The molecular weight excluding hydrogens is 318 g/mol. The highest BCUT2D eigenvalue weighted by molar-refractivity contribution is 9.10. The van der Waals surface area contributed by atoms with E-state index in [1.165, 1.54) is 0 Å². The van der Waals surface area contributed by atoms with Gasteiger partial charge >= 0.3 is 0 Å². The Kier molecular flexibility index (Phi) is 4.60. The van der Waals surface area contributed by atoms with Crippen molar-refractivity contribution in [3.63, 3.8) is 0 Å². The number of nitrogens with zero attached hydrogens (tertiary/aromatic N) is 2. The topological polar surface area (TPSA) is 64.9 Å². The Labute approximate surface area is 127 Å². The molecule has 1 aromatic heterocycles. The van der Waals surface area contributed by atoms with Crippen molar-refractivity contribution in [2.75, 3.05) is 6.54 Å². The zero-order valence-electron chi connectivity index (χ0n) is 12.3. The van der Waals surface area contributed by atoms with Crippen LogP contribution in [0.25, 0.3) is 11.4 Å². The standard InChI is InChI=1S/C15H20BrN3O/c1-8(2)12(7-17)15-18-14(19-20-15)11-5-9(3)13(16)10(4)6-11/h5-6,8,12H,7,17H2,1-4H3. The Hall–Kier alpha value is -1.20. The zero-order chi connectivity index (χ0) is 14.9. The fourth-order valence-corrected chi connectivity index (χ4v) is 2.47. The summed E-state index contributed by atoms with van der Waals surface area (Å²) in [4.78, 5) is 4.51. The molecule has 0 saturated carbocycles. The van der Waals surface area contributed by atoms with E-state index in [-0.39, 0.29) is 5.92 Å². The lowest BCUT2D eigenvalue weighted by atomic mass is 9.96. The summed E-state index contributed by atoms with van der Waals surface area (Å²) in [6, 6.07) is 4.11. The largest absolute Gasteiger partial charge is 0.339 e. The van der Waals surface area contributed by atoms with Gasteiger partial charge < -0.3 is 10.3 Å². The van der Waals surface area contributed by atoms with Crippen LogP contribution >= 0.6 is 15.9 Å². The number of aryl methyl sites for hydroxylation is 2. The molecule has 0 aliphatic heterocycles. The van der Waals surface area contributed by atoms with Crippen LogP contribution < -0.4 is 5.73 Å². The van der Waals surface area contributed by atoms with E-state index in [0.29, 0.717) is 24.2 Å². The molecule has 1 unspecified atom stereocenters. The molecule has 0 radical (unpaired) electrons. The average molecular weight is 338 g/mol. The Bertz CT molecular complexity index is 584. The highest BCUT2D eigenvalue weighted by Gasteiger charge is 2.21. The second-order valence-electron chi connectivity index (χ2n) is 5.47. The lowest BCUT2D eigenvalue weighted by Gasteiger charge is -2.13. The molecule has 20 heavy (non-hydrogen) atoms. The number of nitrogens with two attached hydrogens (primary N) is 1. The van der Waals surface area contributed by atoms with E-state index in [9.17, 15) is 0 Å². The fraction of sp³-hybridized carbons (Fsp3) is 0.467. The van der Waals surface area contributed by atoms with E-state index >= 15 is 0 Å². The van der Waals surface area contributed by atoms with E-state index in [1.54, 1.807) is 0 Å². The molecule has 108 valence electrons. The first-order valence-corrected chi connectivity index (χ1v) is 7.54. The van der Waals surface area contributed by atoms with Gasteiger partial charge in [-0.25, -0.2) is 0 Å². The van der Waals surface area contributed by atoms with Crippen LogP contribution in [0.2, 0.25) is 0 Å². The van der Waals surface area contributed by atoms with Gasteiger partial charge in [-0.1, -0.05) is 34.9 Å². The summed E-state index contributed by atoms with van der Waals surface area (Å²) in [5, 5.41) is 4.09. The number of benzene rings is 1. The van der Waals surface area contributed by atoms with Gasteiger partial charge in [0.05, 0.1) is 5.92 Å². The second-order valence-corrected chi connectivity index (χ2v) is 6.26. The predicted octanol–water partition coefficient (Wildman–Crippen LogP) is 3.81. The summed E-state index contributed by atoms with van der Waals surface area (Å²) in [5.41, 5.74) is 9.07. The van der Waals surface area contributed by atoms with Gasteiger partial charge in [0.15, 0.2) is 0 Å². The number of hydrogen-bond acceptors (Lipinski definition) is 4. The summed E-state index contributed by atoms with van der Waals surface area (Å²) in [6.45, 7) is 8.83. The lowest BCUT2D eigenvalue weighted by Crippen LogP contribution is -2.18. The molecule has 0 amide bonds. The molecule has 1 heterocycles. The third kappa shape index (κ3) is 2.94. The van der Waals surface area contributed by atoms with Gasteiger partial charge in [-0.2, -0.15) is 4.98 Å². The molecule has 4 nitrogen and oxygen atoms in total. The Morgan fingerprint density at radius 1 is 1.25 bits per heavy atom. The van der Waals surface area contributed by atoms with Crippen molar-refractivity contribution in [1.29, 1.82) is 0 Å². The molecule has 0 bridgehead atoms. The summed E-state index contributed by atoms with van der Waals surface area (Å²) in [5.74, 6) is 1.73. The van der Waals surface area contributed by atoms with Gasteiger partial charge in [0, 0.05) is 16.6 Å². The van der Waals surface area contributed by atoms with Crippen LogP contribution in [0.4, 0.5) is 0 Å². The molecule has 2 rings (SSSR count). The van der Waals surface area contributed by atoms with Crippen molar-refractivity contribution in [2.45, 2.75) is 33.6 Å². The van der Waals surface area contributed by atoms with Gasteiger partial charge in [0.1, 0.15) is 0 Å². The highest BCUT2D eigenvalue weighted by Crippen LogP contribution is 2.29. The maximum atomic E-state index is 5.79. The van der Waals surface area contributed by atoms with E-state index < -0.39 is 0 Å². The summed E-state index contributed by atoms with van der Waals surface area (Å²) in [6.07, 6.45) is 0. The van der Waals surface area contributed by atoms with Crippen LogP contribution in [-0.2, 0) is 0 Å². The van der Waals surface area contributed by atoms with E-state index in [1.807, 2.05) is 0 Å². The van der Waals surface area contributed by atoms with E-state index in [2.05, 4.69) is 65.9 Å². The van der Waals surface area contributed by atoms with Crippen molar-refractivity contribution in [3.8, 4) is 11.4 Å². The predicted molar refractivity (Wildman–Crippen MR) is 83.5 cm³/mol. The number of rotatable bonds is 4. The zero-order valence-corrected chi connectivity index (χ0v) is 13.9. The average Bonchev–Trinajstić information content (AvgIpc) is 2.85. The highest BCUT2D eigenvalue weighted by atomic mass is 79.9. The first-order chi connectivity index (χ1) is 9.43.